The third-order valence-corrected chi connectivity index (χ3v) is 3.74. The number of imide groups is 1. The van der Waals surface area contributed by atoms with E-state index in [2.05, 4.69) is 5.43 Å². The number of phenols is 1. The van der Waals surface area contributed by atoms with Gasteiger partial charge in [-0.1, -0.05) is 18.2 Å². The second-order valence-corrected chi connectivity index (χ2v) is 5.50. The fourth-order valence-electron chi connectivity index (χ4n) is 2.57. The first kappa shape index (κ1) is 15.5. The van der Waals surface area contributed by atoms with Crippen LogP contribution < -0.4 is 10.3 Å². The minimum Gasteiger partial charge on any atom is -0.507 e. The van der Waals surface area contributed by atoms with E-state index in [1.165, 1.54) is 18.2 Å². The number of nitrogens with one attached hydrogen (secondary N) is 1. The molecule has 0 aromatic heterocycles. The molecule has 0 radical (unpaired) electrons. The summed E-state index contributed by atoms with van der Waals surface area (Å²) in [6, 6.07) is 10.8. The van der Waals surface area contributed by atoms with E-state index >= 15 is 0 Å². The van der Waals surface area contributed by atoms with Gasteiger partial charge in [0.1, 0.15) is 5.75 Å². The Morgan fingerprint density at radius 3 is 2.42 bits per heavy atom. The monoisotopic (exact) mass is 325 g/mol. The lowest BCUT2D eigenvalue weighted by atomic mass is 10.1. The summed E-state index contributed by atoms with van der Waals surface area (Å²) in [5.74, 6) is -2.19. The summed E-state index contributed by atoms with van der Waals surface area (Å²) in [5.41, 5.74) is 3.29. The SMILES string of the molecule is CN(C)c1cccc2c1C(=O)N(NC(=O)c1ccccc1O)C2=O. The summed E-state index contributed by atoms with van der Waals surface area (Å²) < 4.78 is 0. The molecule has 0 saturated carbocycles. The number of aromatic hydroxyl groups is 1. The van der Waals surface area contributed by atoms with Crippen molar-refractivity contribution >= 4 is 23.4 Å². The average molecular weight is 325 g/mol. The maximum atomic E-state index is 12.6. The summed E-state index contributed by atoms with van der Waals surface area (Å²) in [6.45, 7) is 0. The maximum absolute atomic E-state index is 12.6. The van der Waals surface area contributed by atoms with Crippen molar-refractivity contribution in [1.29, 1.82) is 0 Å². The standard InChI is InChI=1S/C17H15N3O4/c1-19(2)12-8-5-7-11-14(12)17(24)20(16(11)23)18-15(22)10-6-3-4-9-13(10)21/h3-9,21H,1-2H3,(H,18,22). The predicted molar refractivity (Wildman–Crippen MR) is 86.8 cm³/mol. The summed E-state index contributed by atoms with van der Waals surface area (Å²) >= 11 is 0. The molecule has 0 atom stereocenters. The number of carbonyl (C=O) groups excluding carboxylic acids is 3. The minimum absolute atomic E-state index is 0.0260. The first-order valence-electron chi connectivity index (χ1n) is 7.20. The van der Waals surface area contributed by atoms with Crippen molar-refractivity contribution in [3.63, 3.8) is 0 Å². The lowest BCUT2D eigenvalue weighted by Gasteiger charge is -2.17. The van der Waals surface area contributed by atoms with Crippen LogP contribution in [-0.4, -0.2) is 41.9 Å². The first-order chi connectivity index (χ1) is 11.4. The fourth-order valence-corrected chi connectivity index (χ4v) is 2.57. The van der Waals surface area contributed by atoms with Crippen molar-refractivity contribution in [2.75, 3.05) is 19.0 Å². The van der Waals surface area contributed by atoms with E-state index in [0.29, 0.717) is 10.7 Å². The molecule has 2 N–H and O–H groups in total. The van der Waals surface area contributed by atoms with Gasteiger partial charge in [0.25, 0.3) is 17.7 Å². The Morgan fingerprint density at radius 2 is 1.75 bits per heavy atom. The Bertz CT molecular complexity index is 861. The number of phenolic OH excluding ortho intramolecular Hbond substituents is 1. The van der Waals surface area contributed by atoms with E-state index in [-0.39, 0.29) is 22.4 Å². The van der Waals surface area contributed by atoms with Gasteiger partial charge in [0.05, 0.1) is 16.7 Å². The van der Waals surface area contributed by atoms with Gasteiger partial charge in [0.2, 0.25) is 0 Å². The van der Waals surface area contributed by atoms with Gasteiger partial charge < -0.3 is 10.0 Å². The van der Waals surface area contributed by atoms with Crippen LogP contribution in [0.15, 0.2) is 42.5 Å². The molecule has 1 aliphatic heterocycles. The molecule has 1 aliphatic rings. The Hall–Kier alpha value is -3.35. The van der Waals surface area contributed by atoms with Crippen LogP contribution in [0, 0.1) is 0 Å². The molecule has 0 saturated heterocycles. The zero-order valence-electron chi connectivity index (χ0n) is 13.1. The van der Waals surface area contributed by atoms with Gasteiger partial charge in [0.15, 0.2) is 0 Å². The molecule has 24 heavy (non-hydrogen) atoms. The molecule has 0 spiro atoms. The molecular weight excluding hydrogens is 310 g/mol. The first-order valence-corrected chi connectivity index (χ1v) is 7.20. The van der Waals surface area contributed by atoms with Crippen LogP contribution in [-0.2, 0) is 0 Å². The van der Waals surface area contributed by atoms with Crippen molar-refractivity contribution in [2.24, 2.45) is 0 Å². The van der Waals surface area contributed by atoms with Crippen LogP contribution in [0.1, 0.15) is 31.1 Å². The van der Waals surface area contributed by atoms with Crippen LogP contribution in [0.3, 0.4) is 0 Å². The van der Waals surface area contributed by atoms with E-state index in [0.717, 1.165) is 0 Å². The van der Waals surface area contributed by atoms with Crippen molar-refractivity contribution in [3.8, 4) is 5.75 Å². The highest BCUT2D eigenvalue weighted by Crippen LogP contribution is 2.30. The number of para-hydroxylation sites is 1. The topological polar surface area (TPSA) is 90.0 Å². The zero-order valence-corrected chi connectivity index (χ0v) is 13.1. The molecule has 2 aromatic rings. The number of carbonyl (C=O) groups is 3. The number of nitrogens with zero attached hydrogens (tertiary/aromatic N) is 2. The molecule has 122 valence electrons. The molecular formula is C17H15N3O4. The third kappa shape index (κ3) is 2.36. The molecule has 0 aliphatic carbocycles. The zero-order chi connectivity index (χ0) is 17.4. The third-order valence-electron chi connectivity index (χ3n) is 3.74. The van der Waals surface area contributed by atoms with Gasteiger partial charge >= 0.3 is 0 Å². The molecule has 0 fully saturated rings. The highest BCUT2D eigenvalue weighted by Gasteiger charge is 2.39. The number of hydrogen-bond donors (Lipinski definition) is 2. The van der Waals surface area contributed by atoms with Crippen molar-refractivity contribution in [3.05, 3.63) is 59.2 Å². The van der Waals surface area contributed by atoms with E-state index in [1.807, 2.05) is 0 Å². The second-order valence-electron chi connectivity index (χ2n) is 5.50. The lowest BCUT2D eigenvalue weighted by Crippen LogP contribution is -2.46. The van der Waals surface area contributed by atoms with E-state index in [1.54, 1.807) is 43.3 Å². The number of hydrazine groups is 1. The highest BCUT2D eigenvalue weighted by molar-refractivity contribution is 6.24. The van der Waals surface area contributed by atoms with Gasteiger partial charge in [-0.15, -0.1) is 0 Å². The minimum atomic E-state index is -0.742. The molecule has 0 unspecified atom stereocenters. The Labute approximate surface area is 138 Å². The van der Waals surface area contributed by atoms with Crippen LogP contribution in [0.5, 0.6) is 5.75 Å². The summed E-state index contributed by atoms with van der Waals surface area (Å²) in [5, 5.41) is 10.4. The summed E-state index contributed by atoms with van der Waals surface area (Å²) in [6.07, 6.45) is 0. The molecule has 3 amide bonds. The van der Waals surface area contributed by atoms with Gasteiger partial charge in [0, 0.05) is 19.8 Å². The van der Waals surface area contributed by atoms with Crippen molar-refractivity contribution in [1.82, 2.24) is 10.4 Å². The lowest BCUT2D eigenvalue weighted by molar-refractivity contribution is 0.0517. The fraction of sp³-hybridized carbons (Fsp3) is 0.118. The molecule has 0 bridgehead atoms. The van der Waals surface area contributed by atoms with Gasteiger partial charge in [-0.25, -0.2) is 0 Å². The van der Waals surface area contributed by atoms with E-state index in [9.17, 15) is 19.5 Å². The Kier molecular flexibility index (Phi) is 3.69. The number of anilines is 1. The Balaban J connectivity index is 1.93. The summed E-state index contributed by atoms with van der Waals surface area (Å²) in [4.78, 5) is 39.0. The predicted octanol–water partition coefficient (Wildman–Crippen LogP) is 1.40. The molecule has 7 heteroatoms. The summed E-state index contributed by atoms with van der Waals surface area (Å²) in [7, 11) is 3.52. The van der Waals surface area contributed by atoms with Crippen molar-refractivity contribution in [2.45, 2.75) is 0 Å². The number of fused-ring (bicyclic) bond motifs is 1. The van der Waals surface area contributed by atoms with Crippen LogP contribution in [0.4, 0.5) is 5.69 Å². The second kappa shape index (κ2) is 5.69. The van der Waals surface area contributed by atoms with Crippen LogP contribution >= 0.6 is 0 Å². The molecule has 2 aromatic carbocycles. The van der Waals surface area contributed by atoms with E-state index < -0.39 is 17.7 Å². The number of amides is 3. The Morgan fingerprint density at radius 1 is 1.04 bits per heavy atom. The smallest absolute Gasteiger partial charge is 0.282 e. The van der Waals surface area contributed by atoms with Gasteiger partial charge in [-0.2, -0.15) is 5.01 Å². The number of rotatable bonds is 3. The highest BCUT2D eigenvalue weighted by atomic mass is 16.3. The largest absolute Gasteiger partial charge is 0.507 e. The molecule has 1 heterocycles. The number of benzene rings is 2. The van der Waals surface area contributed by atoms with Gasteiger partial charge in [-0.3, -0.25) is 19.8 Å². The number of hydrogen-bond acceptors (Lipinski definition) is 5. The van der Waals surface area contributed by atoms with Crippen LogP contribution in [0.2, 0.25) is 0 Å². The van der Waals surface area contributed by atoms with Crippen LogP contribution in [0.25, 0.3) is 0 Å². The average Bonchev–Trinajstić information content (AvgIpc) is 2.80. The van der Waals surface area contributed by atoms with E-state index in [4.69, 9.17) is 0 Å². The molecule has 3 rings (SSSR count). The maximum Gasteiger partial charge on any atom is 0.282 e. The quantitative estimate of drug-likeness (QED) is 0.833. The normalized spacial score (nSPS) is 13.0. The van der Waals surface area contributed by atoms with Crippen molar-refractivity contribution < 1.29 is 19.5 Å². The molecule has 7 nitrogen and oxygen atoms in total. The van der Waals surface area contributed by atoms with Gasteiger partial charge in [-0.05, 0) is 24.3 Å².